The van der Waals surface area contributed by atoms with Crippen LogP contribution in [0.5, 0.6) is 5.75 Å². The highest BCUT2D eigenvalue weighted by atomic mass is 19.1. The third-order valence-electron chi connectivity index (χ3n) is 3.54. The molecule has 3 rings (SSSR count). The first-order valence-corrected chi connectivity index (χ1v) is 6.18. The first-order valence-electron chi connectivity index (χ1n) is 6.18. The third kappa shape index (κ3) is 2.42. The number of nitrogens with zero attached hydrogens (tertiary/aromatic N) is 1. The van der Waals surface area contributed by atoms with Crippen molar-refractivity contribution < 1.29 is 9.13 Å². The zero-order chi connectivity index (χ0) is 11.7. The van der Waals surface area contributed by atoms with Crippen LogP contribution in [0.3, 0.4) is 0 Å². The molecule has 0 amide bonds. The van der Waals surface area contributed by atoms with Crippen LogP contribution in [-0.2, 0) is 0 Å². The lowest BCUT2D eigenvalue weighted by atomic mass is 10.2. The molecule has 0 saturated carbocycles. The second-order valence-electron chi connectivity index (χ2n) is 4.79. The van der Waals surface area contributed by atoms with Crippen LogP contribution in [-0.4, -0.2) is 43.2 Å². The lowest BCUT2D eigenvalue weighted by Gasteiger charge is -2.29. The van der Waals surface area contributed by atoms with Gasteiger partial charge in [-0.15, -0.1) is 0 Å². The van der Waals surface area contributed by atoms with E-state index in [-0.39, 0.29) is 11.9 Å². The van der Waals surface area contributed by atoms with E-state index in [1.54, 1.807) is 6.07 Å². The number of hydrogen-bond donors (Lipinski definition) is 1. The Balaban J connectivity index is 1.63. The van der Waals surface area contributed by atoms with Gasteiger partial charge in [0, 0.05) is 44.7 Å². The minimum Gasteiger partial charge on any atom is -0.489 e. The second kappa shape index (κ2) is 4.63. The molecule has 2 fully saturated rings. The van der Waals surface area contributed by atoms with E-state index in [0.29, 0.717) is 11.8 Å². The van der Waals surface area contributed by atoms with E-state index in [9.17, 15) is 4.39 Å². The molecule has 0 spiro atoms. The molecule has 4 heteroatoms. The molecule has 2 aliphatic heterocycles. The summed E-state index contributed by atoms with van der Waals surface area (Å²) in [5.74, 6) is 0.405. The molecule has 1 N–H and O–H groups in total. The van der Waals surface area contributed by atoms with Crippen molar-refractivity contribution in [1.29, 1.82) is 0 Å². The molecule has 1 aromatic rings. The Morgan fingerprint density at radius 1 is 1.41 bits per heavy atom. The standard InChI is InChI=1S/C13H17FN2O/c14-10-2-1-3-12(6-10)17-13-7-11-8-15-4-5-16(11)9-13/h1-3,6,11,13,15H,4-5,7-9H2. The summed E-state index contributed by atoms with van der Waals surface area (Å²) in [6.07, 6.45) is 1.23. The van der Waals surface area contributed by atoms with Gasteiger partial charge in [-0.3, -0.25) is 4.90 Å². The quantitative estimate of drug-likeness (QED) is 0.836. The topological polar surface area (TPSA) is 24.5 Å². The molecule has 1 aromatic carbocycles. The fraction of sp³-hybridized carbons (Fsp3) is 0.538. The molecule has 17 heavy (non-hydrogen) atoms. The van der Waals surface area contributed by atoms with Crippen LogP contribution >= 0.6 is 0 Å². The van der Waals surface area contributed by atoms with Gasteiger partial charge < -0.3 is 10.1 Å². The zero-order valence-electron chi connectivity index (χ0n) is 9.73. The maximum Gasteiger partial charge on any atom is 0.126 e. The molecule has 2 heterocycles. The summed E-state index contributed by atoms with van der Waals surface area (Å²) in [7, 11) is 0. The molecule has 0 aromatic heterocycles. The van der Waals surface area contributed by atoms with Crippen molar-refractivity contribution in [3.8, 4) is 5.75 Å². The Kier molecular flexibility index (Phi) is 2.99. The molecule has 0 bridgehead atoms. The van der Waals surface area contributed by atoms with Gasteiger partial charge in [0.2, 0.25) is 0 Å². The highest BCUT2D eigenvalue weighted by Gasteiger charge is 2.34. The summed E-state index contributed by atoms with van der Waals surface area (Å²) >= 11 is 0. The lowest BCUT2D eigenvalue weighted by molar-refractivity contribution is 0.186. The largest absolute Gasteiger partial charge is 0.489 e. The van der Waals surface area contributed by atoms with Gasteiger partial charge in [-0.1, -0.05) is 6.07 Å². The molecule has 2 aliphatic rings. The van der Waals surface area contributed by atoms with Crippen molar-refractivity contribution in [1.82, 2.24) is 10.2 Å². The van der Waals surface area contributed by atoms with Gasteiger partial charge in [0.25, 0.3) is 0 Å². The molecule has 2 unspecified atom stereocenters. The van der Waals surface area contributed by atoms with Gasteiger partial charge in [-0.2, -0.15) is 0 Å². The van der Waals surface area contributed by atoms with Crippen LogP contribution in [0.4, 0.5) is 4.39 Å². The highest BCUT2D eigenvalue weighted by molar-refractivity contribution is 5.23. The number of nitrogens with one attached hydrogen (secondary N) is 1. The monoisotopic (exact) mass is 236 g/mol. The summed E-state index contributed by atoms with van der Waals surface area (Å²) in [6.45, 7) is 4.16. The van der Waals surface area contributed by atoms with Crippen LogP contribution in [0, 0.1) is 5.82 Å². The van der Waals surface area contributed by atoms with Crippen molar-refractivity contribution in [3.05, 3.63) is 30.1 Å². The molecule has 0 radical (unpaired) electrons. The van der Waals surface area contributed by atoms with E-state index in [0.717, 1.165) is 32.6 Å². The molecule has 0 aliphatic carbocycles. The van der Waals surface area contributed by atoms with E-state index >= 15 is 0 Å². The molecular weight excluding hydrogens is 219 g/mol. The van der Waals surface area contributed by atoms with Gasteiger partial charge in [0.15, 0.2) is 0 Å². The average molecular weight is 236 g/mol. The number of fused-ring (bicyclic) bond motifs is 1. The summed E-state index contributed by atoms with van der Waals surface area (Å²) in [5, 5.41) is 3.39. The number of rotatable bonds is 2. The third-order valence-corrected chi connectivity index (χ3v) is 3.54. The van der Waals surface area contributed by atoms with Crippen LogP contribution in [0.25, 0.3) is 0 Å². The molecule has 92 valence electrons. The number of piperazine rings is 1. The Labute approximate surface area is 101 Å². The van der Waals surface area contributed by atoms with Gasteiger partial charge in [0.05, 0.1) is 0 Å². The minimum atomic E-state index is -0.236. The Morgan fingerprint density at radius 2 is 2.35 bits per heavy atom. The zero-order valence-corrected chi connectivity index (χ0v) is 9.73. The predicted octanol–water partition coefficient (Wildman–Crippen LogP) is 1.25. The van der Waals surface area contributed by atoms with Crippen LogP contribution in [0.2, 0.25) is 0 Å². The number of halogens is 1. The number of hydrogen-bond acceptors (Lipinski definition) is 3. The Bertz CT molecular complexity index is 385. The molecule has 2 saturated heterocycles. The second-order valence-corrected chi connectivity index (χ2v) is 4.79. The van der Waals surface area contributed by atoms with Crippen molar-refractivity contribution in [2.45, 2.75) is 18.6 Å². The Morgan fingerprint density at radius 3 is 3.18 bits per heavy atom. The lowest BCUT2D eigenvalue weighted by Crippen LogP contribution is -2.47. The van der Waals surface area contributed by atoms with Crippen molar-refractivity contribution in [2.75, 3.05) is 26.2 Å². The summed E-state index contributed by atoms with van der Waals surface area (Å²) in [5.41, 5.74) is 0. The first-order chi connectivity index (χ1) is 8.31. The van der Waals surface area contributed by atoms with Gasteiger partial charge in [-0.05, 0) is 12.1 Å². The number of ether oxygens (including phenoxy) is 1. The van der Waals surface area contributed by atoms with E-state index in [1.807, 2.05) is 6.07 Å². The van der Waals surface area contributed by atoms with E-state index in [1.165, 1.54) is 12.1 Å². The smallest absolute Gasteiger partial charge is 0.126 e. The normalized spacial score (nSPS) is 29.0. The van der Waals surface area contributed by atoms with Crippen molar-refractivity contribution in [2.24, 2.45) is 0 Å². The van der Waals surface area contributed by atoms with Gasteiger partial charge in [-0.25, -0.2) is 4.39 Å². The van der Waals surface area contributed by atoms with Crippen LogP contribution in [0.15, 0.2) is 24.3 Å². The van der Waals surface area contributed by atoms with Crippen molar-refractivity contribution >= 4 is 0 Å². The fourth-order valence-corrected chi connectivity index (χ4v) is 2.73. The first kappa shape index (κ1) is 11.0. The van der Waals surface area contributed by atoms with Crippen LogP contribution in [0.1, 0.15) is 6.42 Å². The summed E-state index contributed by atoms with van der Waals surface area (Å²) in [4.78, 5) is 2.46. The maximum atomic E-state index is 13.0. The minimum absolute atomic E-state index is 0.196. The van der Waals surface area contributed by atoms with E-state index in [4.69, 9.17) is 4.74 Å². The SMILES string of the molecule is Fc1cccc(OC2CC3CNCCN3C2)c1. The molecule has 3 nitrogen and oxygen atoms in total. The van der Waals surface area contributed by atoms with E-state index < -0.39 is 0 Å². The van der Waals surface area contributed by atoms with Crippen molar-refractivity contribution in [3.63, 3.8) is 0 Å². The van der Waals surface area contributed by atoms with Gasteiger partial charge in [0.1, 0.15) is 17.7 Å². The average Bonchev–Trinajstić information content (AvgIpc) is 2.71. The Hall–Kier alpha value is -1.13. The molecule has 2 atom stereocenters. The predicted molar refractivity (Wildman–Crippen MR) is 63.7 cm³/mol. The molecular formula is C13H17FN2O. The van der Waals surface area contributed by atoms with E-state index in [2.05, 4.69) is 10.2 Å². The van der Waals surface area contributed by atoms with Gasteiger partial charge >= 0.3 is 0 Å². The summed E-state index contributed by atoms with van der Waals surface area (Å²) < 4.78 is 18.9. The number of benzene rings is 1. The van der Waals surface area contributed by atoms with Crippen LogP contribution < -0.4 is 10.1 Å². The fourth-order valence-electron chi connectivity index (χ4n) is 2.73. The maximum absolute atomic E-state index is 13.0. The summed E-state index contributed by atoms with van der Waals surface area (Å²) in [6, 6.07) is 6.99. The highest BCUT2D eigenvalue weighted by Crippen LogP contribution is 2.24.